The highest BCUT2D eigenvalue weighted by Crippen LogP contribution is 2.13. The first-order valence-corrected chi connectivity index (χ1v) is 9.99. The predicted octanol–water partition coefficient (Wildman–Crippen LogP) is 3.66. The topological polar surface area (TPSA) is 26.3 Å². The Morgan fingerprint density at radius 3 is 2.47 bits per heavy atom. The molecule has 4 heteroatoms. The van der Waals surface area contributed by atoms with Gasteiger partial charge in [-0.3, -0.25) is 4.79 Å². The van der Waals surface area contributed by atoms with E-state index < -0.39 is 8.32 Å². The average Bonchev–Trinajstić information content (AvgIpc) is 2.36. The van der Waals surface area contributed by atoms with Crippen molar-refractivity contribution in [1.82, 2.24) is 0 Å². The summed E-state index contributed by atoms with van der Waals surface area (Å²) in [6, 6.07) is 9.40. The highest BCUT2D eigenvalue weighted by molar-refractivity contribution is 9.09. The number of alkyl halides is 1. The molecule has 0 spiro atoms. The van der Waals surface area contributed by atoms with Crippen molar-refractivity contribution < 1.29 is 9.22 Å². The second-order valence-corrected chi connectivity index (χ2v) is 10.6. The number of ketones is 1. The van der Waals surface area contributed by atoms with Crippen LogP contribution in [-0.2, 0) is 4.43 Å². The Kier molecular flexibility index (Phi) is 5.56. The molecule has 0 saturated carbocycles. The van der Waals surface area contributed by atoms with E-state index in [4.69, 9.17) is 4.43 Å². The molecule has 0 saturated heterocycles. The molecule has 2 nitrogen and oxygen atoms in total. The van der Waals surface area contributed by atoms with E-state index in [0.717, 1.165) is 10.5 Å². The minimum absolute atomic E-state index is 0.0803. The van der Waals surface area contributed by atoms with Crippen LogP contribution in [0.4, 0.5) is 0 Å². The lowest BCUT2D eigenvalue weighted by molar-refractivity contribution is 0.0886. The Morgan fingerprint density at radius 2 is 1.94 bits per heavy atom. The highest BCUT2D eigenvalue weighted by atomic mass is 79.9. The van der Waals surface area contributed by atoms with E-state index in [1.807, 2.05) is 37.3 Å². The molecule has 94 valence electrons. The van der Waals surface area contributed by atoms with Crippen molar-refractivity contribution in [3.63, 3.8) is 0 Å². The Hall–Kier alpha value is -0.453. The van der Waals surface area contributed by atoms with Crippen molar-refractivity contribution in [3.8, 4) is 0 Å². The Labute approximate surface area is 113 Å². The first-order valence-electron chi connectivity index (χ1n) is 5.75. The lowest BCUT2D eigenvalue weighted by Crippen LogP contribution is -2.35. The third-order valence-corrected chi connectivity index (χ3v) is 8.19. The fourth-order valence-electron chi connectivity index (χ4n) is 1.35. The molecule has 0 unspecified atom stereocenters. The van der Waals surface area contributed by atoms with Crippen molar-refractivity contribution in [2.45, 2.75) is 20.0 Å². The van der Waals surface area contributed by atoms with Gasteiger partial charge in [-0.05, 0) is 13.1 Å². The van der Waals surface area contributed by atoms with Crippen molar-refractivity contribution in [2.24, 2.45) is 5.92 Å². The molecule has 0 N–H and O–H groups in total. The number of Topliss-reactive ketones (excluding diaryl/α,β-unsaturated/α-hetero) is 1. The van der Waals surface area contributed by atoms with E-state index in [0.29, 0.717) is 6.61 Å². The first-order chi connectivity index (χ1) is 7.96. The van der Waals surface area contributed by atoms with E-state index >= 15 is 0 Å². The SMILES string of the molecule is C[C@H](CO[Si](C)(C)CBr)C(=O)c1ccccc1. The molecule has 0 amide bonds. The summed E-state index contributed by atoms with van der Waals surface area (Å²) in [5.74, 6) is 0.0770. The lowest BCUT2D eigenvalue weighted by Gasteiger charge is -2.22. The van der Waals surface area contributed by atoms with Gasteiger partial charge in [0.25, 0.3) is 0 Å². The van der Waals surface area contributed by atoms with Crippen LogP contribution in [0.25, 0.3) is 0 Å². The average molecular weight is 315 g/mol. The van der Waals surface area contributed by atoms with Crippen molar-refractivity contribution in [1.29, 1.82) is 0 Å². The second-order valence-electron chi connectivity index (χ2n) is 4.84. The quantitative estimate of drug-likeness (QED) is 0.455. The van der Waals surface area contributed by atoms with E-state index in [-0.39, 0.29) is 11.7 Å². The summed E-state index contributed by atoms with van der Waals surface area (Å²) in [6.45, 7) is 6.72. The maximum Gasteiger partial charge on any atom is 0.197 e. The van der Waals surface area contributed by atoms with Crippen LogP contribution in [0.3, 0.4) is 0 Å². The molecule has 1 aromatic rings. The van der Waals surface area contributed by atoms with Gasteiger partial charge in [-0.25, -0.2) is 0 Å². The Balaban J connectivity index is 2.54. The monoisotopic (exact) mass is 314 g/mol. The zero-order valence-corrected chi connectivity index (χ0v) is 13.2. The van der Waals surface area contributed by atoms with Crippen LogP contribution in [0.5, 0.6) is 0 Å². The number of rotatable bonds is 6. The molecule has 0 radical (unpaired) electrons. The van der Waals surface area contributed by atoms with E-state index in [1.165, 1.54) is 0 Å². The van der Waals surface area contributed by atoms with E-state index in [2.05, 4.69) is 29.0 Å². The van der Waals surface area contributed by atoms with E-state index in [1.54, 1.807) is 0 Å². The molecule has 0 aliphatic carbocycles. The Morgan fingerprint density at radius 1 is 1.35 bits per heavy atom. The maximum atomic E-state index is 12.1. The molecule has 1 rings (SSSR count). The minimum Gasteiger partial charge on any atom is -0.416 e. The number of benzene rings is 1. The molecule has 0 aliphatic heterocycles. The van der Waals surface area contributed by atoms with E-state index in [9.17, 15) is 4.79 Å². The third-order valence-electron chi connectivity index (χ3n) is 2.55. The van der Waals surface area contributed by atoms with Crippen LogP contribution in [0, 0.1) is 5.92 Å². The van der Waals surface area contributed by atoms with Gasteiger partial charge in [-0.1, -0.05) is 53.2 Å². The molecular formula is C13H19BrO2Si. The number of carbonyl (C=O) groups excluding carboxylic acids is 1. The summed E-state index contributed by atoms with van der Waals surface area (Å²) in [4.78, 5) is 13.0. The fraction of sp³-hybridized carbons (Fsp3) is 0.462. The van der Waals surface area contributed by atoms with Gasteiger partial charge in [0.15, 0.2) is 14.1 Å². The first kappa shape index (κ1) is 14.6. The van der Waals surface area contributed by atoms with Gasteiger partial charge in [0.05, 0.1) is 0 Å². The zero-order valence-electron chi connectivity index (χ0n) is 10.6. The van der Waals surface area contributed by atoms with Crippen molar-refractivity contribution in [2.75, 3.05) is 11.6 Å². The minimum atomic E-state index is -1.62. The second kappa shape index (κ2) is 6.47. The molecule has 1 atom stereocenters. The molecule has 0 fully saturated rings. The number of hydrogen-bond acceptors (Lipinski definition) is 2. The Bertz CT molecular complexity index is 365. The molecular weight excluding hydrogens is 296 g/mol. The molecule has 0 aromatic heterocycles. The fourth-order valence-corrected chi connectivity index (χ4v) is 2.62. The summed E-state index contributed by atoms with van der Waals surface area (Å²) in [7, 11) is -1.62. The highest BCUT2D eigenvalue weighted by Gasteiger charge is 2.23. The molecule has 0 aliphatic rings. The van der Waals surface area contributed by atoms with Crippen molar-refractivity contribution >= 4 is 30.0 Å². The summed E-state index contributed by atoms with van der Waals surface area (Å²) in [5.41, 5.74) is 0.766. The summed E-state index contributed by atoms with van der Waals surface area (Å²) in [5, 5.41) is 0. The number of carbonyl (C=O) groups is 1. The van der Waals surface area contributed by atoms with Gasteiger partial charge in [0, 0.05) is 23.0 Å². The number of hydrogen-bond donors (Lipinski definition) is 0. The molecule has 1 aromatic carbocycles. The lowest BCUT2D eigenvalue weighted by atomic mass is 10.0. The smallest absolute Gasteiger partial charge is 0.197 e. The van der Waals surface area contributed by atoms with Crippen LogP contribution in [0.2, 0.25) is 13.1 Å². The number of halogens is 1. The van der Waals surface area contributed by atoms with Crippen molar-refractivity contribution in [3.05, 3.63) is 35.9 Å². The van der Waals surface area contributed by atoms with Gasteiger partial charge in [-0.2, -0.15) is 0 Å². The van der Waals surface area contributed by atoms with Crippen LogP contribution < -0.4 is 0 Å². The van der Waals surface area contributed by atoms with Gasteiger partial charge in [0.2, 0.25) is 0 Å². The maximum absolute atomic E-state index is 12.1. The van der Waals surface area contributed by atoms with Crippen LogP contribution in [0.15, 0.2) is 30.3 Å². The summed E-state index contributed by atoms with van der Waals surface area (Å²) < 4.78 is 5.85. The van der Waals surface area contributed by atoms with Gasteiger partial charge in [0.1, 0.15) is 0 Å². The normalized spacial score (nSPS) is 13.4. The molecule has 17 heavy (non-hydrogen) atoms. The largest absolute Gasteiger partial charge is 0.416 e. The van der Waals surface area contributed by atoms with Gasteiger partial charge >= 0.3 is 0 Å². The third kappa shape index (κ3) is 4.74. The summed E-state index contributed by atoms with van der Waals surface area (Å²) in [6.07, 6.45) is 0. The van der Waals surface area contributed by atoms with Gasteiger partial charge < -0.3 is 4.43 Å². The molecule has 0 heterocycles. The zero-order chi connectivity index (χ0) is 12.9. The standard InChI is InChI=1S/C13H19BrO2Si/c1-11(9-16-17(2,3)10-14)13(15)12-7-5-4-6-8-12/h4-8,11H,9-10H2,1-3H3/t11-/m1/s1. The van der Waals surface area contributed by atoms with Gasteiger partial charge in [-0.15, -0.1) is 0 Å². The van der Waals surface area contributed by atoms with Crippen LogP contribution >= 0.6 is 15.9 Å². The summed E-state index contributed by atoms with van der Waals surface area (Å²) >= 11 is 3.45. The molecule has 0 bridgehead atoms. The van der Waals surface area contributed by atoms with Crippen LogP contribution in [0.1, 0.15) is 17.3 Å². The predicted molar refractivity (Wildman–Crippen MR) is 77.2 cm³/mol. The van der Waals surface area contributed by atoms with Crippen LogP contribution in [-0.4, -0.2) is 25.7 Å².